The highest BCUT2D eigenvalue weighted by Crippen LogP contribution is 2.39. The zero-order valence-corrected chi connectivity index (χ0v) is 18.2. The molecule has 0 spiro atoms. The van der Waals surface area contributed by atoms with Gasteiger partial charge in [-0.05, 0) is 30.1 Å². The SMILES string of the molecule is C=C(CC1CC(=O)N(CCOC(=O)n2ccnc2)C1=O)CC(C)(C)CC(C)(C)C. The minimum Gasteiger partial charge on any atom is -0.447 e. The van der Waals surface area contributed by atoms with Gasteiger partial charge < -0.3 is 4.74 Å². The van der Waals surface area contributed by atoms with Gasteiger partial charge in [0.1, 0.15) is 12.9 Å². The van der Waals surface area contributed by atoms with Crippen molar-refractivity contribution in [2.45, 2.75) is 60.3 Å². The Morgan fingerprint density at radius 2 is 1.97 bits per heavy atom. The van der Waals surface area contributed by atoms with Crippen molar-refractivity contribution in [3.05, 3.63) is 30.9 Å². The number of imidazole rings is 1. The van der Waals surface area contributed by atoms with E-state index in [-0.39, 0.29) is 48.1 Å². The van der Waals surface area contributed by atoms with E-state index in [4.69, 9.17) is 4.74 Å². The second-order valence-electron chi connectivity index (χ2n) is 9.90. The van der Waals surface area contributed by atoms with Crippen molar-refractivity contribution in [2.24, 2.45) is 16.7 Å². The Bertz CT molecular complexity index is 760. The molecule has 0 aromatic carbocycles. The van der Waals surface area contributed by atoms with E-state index in [1.807, 2.05) is 0 Å². The number of allylic oxidation sites excluding steroid dienone is 1. The summed E-state index contributed by atoms with van der Waals surface area (Å²) in [7, 11) is 0. The van der Waals surface area contributed by atoms with E-state index in [0.29, 0.717) is 6.42 Å². The summed E-state index contributed by atoms with van der Waals surface area (Å²) in [6.45, 7) is 15.3. The summed E-state index contributed by atoms with van der Waals surface area (Å²) >= 11 is 0. The molecule has 2 amide bonds. The Morgan fingerprint density at radius 3 is 2.55 bits per heavy atom. The van der Waals surface area contributed by atoms with Crippen LogP contribution in [0, 0.1) is 16.7 Å². The number of imide groups is 1. The van der Waals surface area contributed by atoms with Crippen molar-refractivity contribution in [2.75, 3.05) is 13.2 Å². The van der Waals surface area contributed by atoms with E-state index in [0.717, 1.165) is 18.4 Å². The zero-order valence-electron chi connectivity index (χ0n) is 18.2. The first-order valence-corrected chi connectivity index (χ1v) is 10.0. The van der Waals surface area contributed by atoms with Gasteiger partial charge in [-0.2, -0.15) is 0 Å². The second kappa shape index (κ2) is 8.93. The van der Waals surface area contributed by atoms with Crippen LogP contribution in [0.15, 0.2) is 30.9 Å². The molecule has 29 heavy (non-hydrogen) atoms. The molecule has 0 aliphatic carbocycles. The van der Waals surface area contributed by atoms with Crippen LogP contribution >= 0.6 is 0 Å². The standard InChI is InChI=1S/C22H33N3O4/c1-16(13-22(5,6)14-21(2,3)4)11-17-12-18(26)25(19(17)27)9-10-29-20(28)24-8-7-23-15-24/h7-8,15,17H,1,9-14H2,2-6H3. The van der Waals surface area contributed by atoms with Crippen molar-refractivity contribution in [3.63, 3.8) is 0 Å². The van der Waals surface area contributed by atoms with Gasteiger partial charge in [-0.3, -0.25) is 14.5 Å². The molecule has 0 N–H and O–H groups in total. The fourth-order valence-electron chi connectivity index (χ4n) is 4.41. The lowest BCUT2D eigenvalue weighted by Crippen LogP contribution is -2.34. The fourth-order valence-corrected chi connectivity index (χ4v) is 4.41. The van der Waals surface area contributed by atoms with Gasteiger partial charge in [-0.15, -0.1) is 0 Å². The van der Waals surface area contributed by atoms with Crippen LogP contribution in [0.4, 0.5) is 4.79 Å². The molecule has 2 heterocycles. The van der Waals surface area contributed by atoms with Crippen LogP contribution < -0.4 is 0 Å². The molecule has 1 aliphatic heterocycles. The maximum absolute atomic E-state index is 12.7. The topological polar surface area (TPSA) is 81.5 Å². The first-order valence-electron chi connectivity index (χ1n) is 10.0. The molecule has 7 heteroatoms. The van der Waals surface area contributed by atoms with Crippen LogP contribution in [0.25, 0.3) is 0 Å². The number of carbonyl (C=O) groups is 3. The summed E-state index contributed by atoms with van der Waals surface area (Å²) in [6, 6.07) is 0. The van der Waals surface area contributed by atoms with Crippen LogP contribution in [0.1, 0.15) is 60.3 Å². The Labute approximate surface area is 173 Å². The Hall–Kier alpha value is -2.44. The third-order valence-corrected chi connectivity index (χ3v) is 4.87. The summed E-state index contributed by atoms with van der Waals surface area (Å²) in [5, 5.41) is 0. The highest BCUT2D eigenvalue weighted by Gasteiger charge is 2.39. The fraction of sp³-hybridized carbons (Fsp3) is 0.636. The van der Waals surface area contributed by atoms with Crippen LogP contribution in [0.2, 0.25) is 0 Å². The van der Waals surface area contributed by atoms with Gasteiger partial charge >= 0.3 is 6.09 Å². The molecule has 1 aromatic heterocycles. The van der Waals surface area contributed by atoms with Gasteiger partial charge in [0.05, 0.1) is 12.5 Å². The number of aromatic nitrogens is 2. The smallest absolute Gasteiger partial charge is 0.419 e. The van der Waals surface area contributed by atoms with Crippen LogP contribution in [-0.4, -0.2) is 45.5 Å². The van der Waals surface area contributed by atoms with Crippen LogP contribution in [0.3, 0.4) is 0 Å². The Kier molecular flexibility index (Phi) is 7.03. The van der Waals surface area contributed by atoms with Gasteiger partial charge in [-0.25, -0.2) is 14.3 Å². The third kappa shape index (κ3) is 6.84. The maximum atomic E-state index is 12.7. The Balaban J connectivity index is 1.83. The molecule has 0 saturated carbocycles. The number of hydrogen-bond acceptors (Lipinski definition) is 5. The van der Waals surface area contributed by atoms with Gasteiger partial charge in [0.2, 0.25) is 11.8 Å². The monoisotopic (exact) mass is 403 g/mol. The van der Waals surface area contributed by atoms with E-state index in [1.165, 1.54) is 28.2 Å². The Morgan fingerprint density at radius 1 is 1.28 bits per heavy atom. The lowest BCUT2D eigenvalue weighted by atomic mass is 9.72. The molecule has 1 unspecified atom stereocenters. The van der Waals surface area contributed by atoms with E-state index >= 15 is 0 Å². The molecular formula is C22H33N3O4. The predicted octanol–water partition coefficient (Wildman–Crippen LogP) is 4.04. The minimum absolute atomic E-state index is 0.0409. The number of likely N-dealkylation sites (tertiary alicyclic amines) is 1. The molecule has 160 valence electrons. The molecule has 0 radical (unpaired) electrons. The molecule has 1 aliphatic rings. The van der Waals surface area contributed by atoms with E-state index in [1.54, 1.807) is 0 Å². The number of amides is 2. The predicted molar refractivity (Wildman–Crippen MR) is 110 cm³/mol. The lowest BCUT2D eigenvalue weighted by molar-refractivity contribution is -0.139. The van der Waals surface area contributed by atoms with Crippen molar-refractivity contribution in [1.82, 2.24) is 14.5 Å². The lowest BCUT2D eigenvalue weighted by Gasteiger charge is -2.33. The number of carbonyl (C=O) groups excluding carboxylic acids is 3. The first kappa shape index (κ1) is 22.8. The minimum atomic E-state index is -0.590. The molecule has 1 saturated heterocycles. The highest BCUT2D eigenvalue weighted by atomic mass is 16.5. The van der Waals surface area contributed by atoms with Crippen molar-refractivity contribution >= 4 is 17.9 Å². The molecule has 0 bridgehead atoms. The second-order valence-corrected chi connectivity index (χ2v) is 9.90. The number of nitrogens with zero attached hydrogens (tertiary/aromatic N) is 3. The first-order chi connectivity index (χ1) is 13.4. The third-order valence-electron chi connectivity index (χ3n) is 4.87. The van der Waals surface area contributed by atoms with Gasteiger partial charge in [0.25, 0.3) is 0 Å². The molecular weight excluding hydrogens is 370 g/mol. The molecule has 7 nitrogen and oxygen atoms in total. The largest absolute Gasteiger partial charge is 0.447 e. The van der Waals surface area contributed by atoms with E-state index in [9.17, 15) is 14.4 Å². The van der Waals surface area contributed by atoms with E-state index in [2.05, 4.69) is 46.2 Å². The summed E-state index contributed by atoms with van der Waals surface area (Å²) < 4.78 is 6.29. The quantitative estimate of drug-likeness (QED) is 0.483. The van der Waals surface area contributed by atoms with Crippen LogP contribution in [-0.2, 0) is 14.3 Å². The summed E-state index contributed by atoms with van der Waals surface area (Å²) in [4.78, 5) is 41.7. The summed E-state index contributed by atoms with van der Waals surface area (Å²) in [6.07, 6.45) is 6.25. The van der Waals surface area contributed by atoms with Crippen LogP contribution in [0.5, 0.6) is 0 Å². The van der Waals surface area contributed by atoms with Crippen molar-refractivity contribution in [3.8, 4) is 0 Å². The van der Waals surface area contributed by atoms with Gasteiger partial charge in [0.15, 0.2) is 0 Å². The zero-order chi connectivity index (χ0) is 21.8. The van der Waals surface area contributed by atoms with E-state index < -0.39 is 6.09 Å². The summed E-state index contributed by atoms with van der Waals surface area (Å²) in [5.74, 6) is -0.798. The van der Waals surface area contributed by atoms with Crippen molar-refractivity contribution < 1.29 is 19.1 Å². The molecule has 1 atom stereocenters. The summed E-state index contributed by atoms with van der Waals surface area (Å²) in [5.41, 5.74) is 1.30. The van der Waals surface area contributed by atoms with Gasteiger partial charge in [0, 0.05) is 18.8 Å². The van der Waals surface area contributed by atoms with Gasteiger partial charge in [-0.1, -0.05) is 46.8 Å². The van der Waals surface area contributed by atoms with Crippen molar-refractivity contribution in [1.29, 1.82) is 0 Å². The molecule has 1 aromatic rings. The average Bonchev–Trinajstić information content (AvgIpc) is 3.16. The molecule has 2 rings (SSSR count). The number of ether oxygens (including phenoxy) is 1. The number of rotatable bonds is 8. The maximum Gasteiger partial charge on any atom is 0.419 e. The highest BCUT2D eigenvalue weighted by molar-refractivity contribution is 6.03. The average molecular weight is 404 g/mol. The molecule has 1 fully saturated rings. The number of hydrogen-bond donors (Lipinski definition) is 0. The normalized spacial score (nSPS) is 17.7.